The number of nitrogens with zero attached hydrogens (tertiary/aromatic N) is 1. The Hall–Kier alpha value is -2.56. The van der Waals surface area contributed by atoms with Gasteiger partial charge in [0.1, 0.15) is 0 Å². The van der Waals surface area contributed by atoms with E-state index in [-0.39, 0.29) is 29.9 Å². The highest BCUT2D eigenvalue weighted by Gasteiger charge is 2.29. The number of thioether (sulfide) groups is 1. The second kappa shape index (κ2) is 9.29. The van der Waals surface area contributed by atoms with Crippen LogP contribution in [0.4, 0.5) is 5.69 Å². The highest BCUT2D eigenvalue weighted by atomic mass is 79.9. The standard InChI is InChI=1S/C22H20BrN3O2S/c1-13-3-5-15(6-4-13)17-10-20(27)26-22(18(17)11-24)29-12-21(28)25-16-7-8-19(23)14(2)9-16/h3-9,17H,10,12H2,1-2H3,(H,25,28)(H,26,27)/t17-/m1/s1. The Balaban J connectivity index is 1.74. The van der Waals surface area contributed by atoms with E-state index in [2.05, 4.69) is 32.6 Å². The molecule has 0 fully saturated rings. The largest absolute Gasteiger partial charge is 0.325 e. The quantitative estimate of drug-likeness (QED) is 0.659. The van der Waals surface area contributed by atoms with E-state index in [4.69, 9.17) is 0 Å². The molecule has 29 heavy (non-hydrogen) atoms. The number of aryl methyl sites for hydroxylation is 2. The van der Waals surface area contributed by atoms with Gasteiger partial charge in [0, 0.05) is 22.5 Å². The van der Waals surface area contributed by atoms with Gasteiger partial charge in [-0.2, -0.15) is 5.26 Å². The second-order valence-electron chi connectivity index (χ2n) is 6.87. The van der Waals surface area contributed by atoms with Crippen molar-refractivity contribution in [3.05, 3.63) is 74.2 Å². The van der Waals surface area contributed by atoms with Crippen molar-refractivity contribution in [1.82, 2.24) is 5.32 Å². The molecule has 2 amide bonds. The summed E-state index contributed by atoms with van der Waals surface area (Å²) in [6, 6.07) is 15.6. The Labute approximate surface area is 182 Å². The summed E-state index contributed by atoms with van der Waals surface area (Å²) in [7, 11) is 0. The predicted molar refractivity (Wildman–Crippen MR) is 119 cm³/mol. The van der Waals surface area contributed by atoms with Crippen molar-refractivity contribution in [3.63, 3.8) is 0 Å². The molecule has 1 heterocycles. The minimum atomic E-state index is -0.297. The van der Waals surface area contributed by atoms with Crippen molar-refractivity contribution in [3.8, 4) is 6.07 Å². The van der Waals surface area contributed by atoms with Crippen molar-refractivity contribution in [2.75, 3.05) is 11.1 Å². The van der Waals surface area contributed by atoms with E-state index in [0.29, 0.717) is 16.3 Å². The van der Waals surface area contributed by atoms with Gasteiger partial charge in [-0.05, 0) is 43.2 Å². The Kier molecular flexibility index (Phi) is 6.78. The fourth-order valence-electron chi connectivity index (χ4n) is 3.07. The lowest BCUT2D eigenvalue weighted by Gasteiger charge is -2.25. The Morgan fingerprint density at radius 3 is 2.66 bits per heavy atom. The number of nitrogens with one attached hydrogen (secondary N) is 2. The van der Waals surface area contributed by atoms with Crippen LogP contribution < -0.4 is 10.6 Å². The maximum atomic E-state index is 12.4. The lowest BCUT2D eigenvalue weighted by Crippen LogP contribution is -2.31. The average molecular weight is 470 g/mol. The van der Waals surface area contributed by atoms with E-state index in [9.17, 15) is 14.9 Å². The molecular weight excluding hydrogens is 450 g/mol. The molecule has 0 saturated heterocycles. The van der Waals surface area contributed by atoms with Crippen LogP contribution in [-0.2, 0) is 9.59 Å². The molecule has 1 aliphatic heterocycles. The third kappa shape index (κ3) is 5.28. The molecule has 0 aliphatic carbocycles. The van der Waals surface area contributed by atoms with E-state index >= 15 is 0 Å². The van der Waals surface area contributed by atoms with Gasteiger partial charge in [0.05, 0.1) is 22.4 Å². The van der Waals surface area contributed by atoms with Gasteiger partial charge < -0.3 is 10.6 Å². The van der Waals surface area contributed by atoms with E-state index in [1.807, 2.05) is 56.3 Å². The maximum absolute atomic E-state index is 12.4. The van der Waals surface area contributed by atoms with Crippen LogP contribution in [0.15, 0.2) is 57.5 Å². The molecule has 1 aliphatic rings. The van der Waals surface area contributed by atoms with Gasteiger partial charge in [-0.3, -0.25) is 9.59 Å². The highest BCUT2D eigenvalue weighted by molar-refractivity contribution is 9.10. The maximum Gasteiger partial charge on any atom is 0.234 e. The summed E-state index contributed by atoms with van der Waals surface area (Å²) in [5.74, 6) is -0.556. The van der Waals surface area contributed by atoms with Gasteiger partial charge in [-0.25, -0.2) is 0 Å². The van der Waals surface area contributed by atoms with Crippen LogP contribution in [0.25, 0.3) is 0 Å². The zero-order valence-corrected chi connectivity index (χ0v) is 18.5. The van der Waals surface area contributed by atoms with Crippen molar-refractivity contribution in [2.45, 2.75) is 26.2 Å². The number of anilines is 1. The summed E-state index contributed by atoms with van der Waals surface area (Å²) < 4.78 is 0.973. The van der Waals surface area contributed by atoms with Crippen LogP contribution in [0.3, 0.4) is 0 Å². The topological polar surface area (TPSA) is 82.0 Å². The van der Waals surface area contributed by atoms with Crippen LogP contribution in [0.2, 0.25) is 0 Å². The Morgan fingerprint density at radius 1 is 1.28 bits per heavy atom. The van der Waals surface area contributed by atoms with E-state index < -0.39 is 0 Å². The summed E-state index contributed by atoms with van der Waals surface area (Å²) in [6.07, 6.45) is 0.223. The molecular formula is C22H20BrN3O2S. The first kappa shape index (κ1) is 21.2. The molecule has 0 spiro atoms. The van der Waals surface area contributed by atoms with Gasteiger partial charge in [0.25, 0.3) is 0 Å². The average Bonchev–Trinajstić information content (AvgIpc) is 2.69. The molecule has 0 aromatic heterocycles. The van der Waals surface area contributed by atoms with Crippen molar-refractivity contribution in [1.29, 1.82) is 5.26 Å². The van der Waals surface area contributed by atoms with Crippen molar-refractivity contribution in [2.24, 2.45) is 0 Å². The van der Waals surface area contributed by atoms with Crippen LogP contribution in [0, 0.1) is 25.2 Å². The van der Waals surface area contributed by atoms with Gasteiger partial charge in [-0.1, -0.05) is 57.5 Å². The molecule has 2 aromatic rings. The minimum Gasteiger partial charge on any atom is -0.325 e. The predicted octanol–water partition coefficient (Wildman–Crippen LogP) is 4.78. The van der Waals surface area contributed by atoms with Gasteiger partial charge in [0.2, 0.25) is 11.8 Å². The SMILES string of the molecule is Cc1ccc([C@H]2CC(=O)NC(SCC(=O)Nc3ccc(Br)c(C)c3)=C2C#N)cc1. The Bertz CT molecular complexity index is 1030. The zero-order chi connectivity index (χ0) is 21.0. The van der Waals surface area contributed by atoms with Gasteiger partial charge >= 0.3 is 0 Å². The Morgan fingerprint density at radius 2 is 2.00 bits per heavy atom. The monoisotopic (exact) mass is 469 g/mol. The molecule has 2 N–H and O–H groups in total. The number of benzene rings is 2. The summed E-state index contributed by atoms with van der Waals surface area (Å²) in [5, 5.41) is 15.8. The zero-order valence-electron chi connectivity index (χ0n) is 16.1. The molecule has 5 nitrogen and oxygen atoms in total. The molecule has 0 radical (unpaired) electrons. The number of carbonyl (C=O) groups is 2. The molecule has 148 valence electrons. The molecule has 2 aromatic carbocycles. The van der Waals surface area contributed by atoms with Crippen molar-refractivity contribution < 1.29 is 9.59 Å². The first-order valence-electron chi connectivity index (χ1n) is 9.07. The highest BCUT2D eigenvalue weighted by Crippen LogP contribution is 2.36. The van der Waals surface area contributed by atoms with Gasteiger partial charge in [-0.15, -0.1) is 0 Å². The molecule has 7 heteroatoms. The van der Waals surface area contributed by atoms with Crippen LogP contribution >= 0.6 is 27.7 Å². The summed E-state index contributed by atoms with van der Waals surface area (Å²) in [5.41, 5.74) is 4.26. The molecule has 0 unspecified atom stereocenters. The smallest absolute Gasteiger partial charge is 0.234 e. The molecule has 0 bridgehead atoms. The second-order valence-corrected chi connectivity index (χ2v) is 8.71. The number of nitriles is 1. The number of allylic oxidation sites excluding steroid dienone is 1. The fraction of sp³-hybridized carbons (Fsp3) is 0.227. The summed E-state index contributed by atoms with van der Waals surface area (Å²) in [4.78, 5) is 24.6. The molecule has 3 rings (SSSR count). The third-order valence-corrected chi connectivity index (χ3v) is 6.53. The van der Waals surface area contributed by atoms with Gasteiger partial charge in [0.15, 0.2) is 0 Å². The number of hydrogen-bond acceptors (Lipinski definition) is 4. The number of carbonyl (C=O) groups excluding carboxylic acids is 2. The number of rotatable bonds is 5. The first-order valence-corrected chi connectivity index (χ1v) is 10.8. The summed E-state index contributed by atoms with van der Waals surface area (Å²) >= 11 is 4.61. The van der Waals surface area contributed by atoms with Crippen LogP contribution in [0.5, 0.6) is 0 Å². The number of hydrogen-bond donors (Lipinski definition) is 2. The van der Waals surface area contributed by atoms with Crippen LogP contribution in [0.1, 0.15) is 29.0 Å². The van der Waals surface area contributed by atoms with E-state index in [1.165, 1.54) is 11.8 Å². The fourth-order valence-corrected chi connectivity index (χ4v) is 4.20. The number of halogens is 1. The van der Waals surface area contributed by atoms with E-state index in [0.717, 1.165) is 21.2 Å². The molecule has 0 saturated carbocycles. The van der Waals surface area contributed by atoms with Crippen LogP contribution in [-0.4, -0.2) is 17.6 Å². The molecule has 1 atom stereocenters. The van der Waals surface area contributed by atoms with E-state index in [1.54, 1.807) is 0 Å². The normalized spacial score (nSPS) is 16.2. The lowest BCUT2D eigenvalue weighted by molar-refractivity contribution is -0.121. The summed E-state index contributed by atoms with van der Waals surface area (Å²) in [6.45, 7) is 3.94. The van der Waals surface area contributed by atoms with Crippen molar-refractivity contribution >= 4 is 45.2 Å². The number of amides is 2. The first-order chi connectivity index (χ1) is 13.9. The third-order valence-electron chi connectivity index (χ3n) is 4.63. The minimum absolute atomic E-state index is 0.0938. The lowest BCUT2D eigenvalue weighted by atomic mass is 9.87.